The summed E-state index contributed by atoms with van der Waals surface area (Å²) in [7, 11) is 0. The first-order valence-electron chi connectivity index (χ1n) is 18.5. The molecule has 0 saturated heterocycles. The van der Waals surface area contributed by atoms with E-state index in [4.69, 9.17) is 0 Å². The molecule has 0 saturated carbocycles. The molecule has 0 radical (unpaired) electrons. The van der Waals surface area contributed by atoms with Crippen molar-refractivity contribution < 1.29 is 0 Å². The second-order valence-corrected chi connectivity index (χ2v) is 15.0. The van der Waals surface area contributed by atoms with E-state index in [1.807, 2.05) is 0 Å². The monoisotopic (exact) mass is 676 g/mol. The number of fused-ring (bicyclic) bond motifs is 9. The zero-order valence-electron chi connectivity index (χ0n) is 29.7. The fraction of sp³-hybridized carbons (Fsp3) is 0.0588. The van der Waals surface area contributed by atoms with Crippen LogP contribution in [0.15, 0.2) is 182 Å². The molecule has 8 aromatic carbocycles. The fourth-order valence-electron chi connectivity index (χ4n) is 9.14. The van der Waals surface area contributed by atoms with Crippen molar-refractivity contribution in [2.45, 2.75) is 19.3 Å². The summed E-state index contributed by atoms with van der Waals surface area (Å²) >= 11 is 0. The molecule has 2 aromatic heterocycles. The van der Waals surface area contributed by atoms with Crippen LogP contribution in [0.25, 0.3) is 88.4 Å². The molecular weight excluding hydrogens is 641 g/mol. The van der Waals surface area contributed by atoms with Gasteiger partial charge in [0.25, 0.3) is 0 Å². The maximum atomic E-state index is 2.44. The van der Waals surface area contributed by atoms with E-state index in [9.17, 15) is 0 Å². The minimum atomic E-state index is 0.00870. The number of hydrogen-bond acceptors (Lipinski definition) is 0. The van der Waals surface area contributed by atoms with Crippen LogP contribution in [-0.2, 0) is 5.41 Å². The lowest BCUT2D eigenvalue weighted by molar-refractivity contribution is 0.660. The van der Waals surface area contributed by atoms with Gasteiger partial charge >= 0.3 is 0 Å². The van der Waals surface area contributed by atoms with Crippen LogP contribution in [0.3, 0.4) is 0 Å². The largest absolute Gasteiger partial charge is 0.309 e. The van der Waals surface area contributed by atoms with Crippen molar-refractivity contribution in [1.82, 2.24) is 9.13 Å². The van der Waals surface area contributed by atoms with Gasteiger partial charge in [-0.25, -0.2) is 0 Å². The number of rotatable bonds is 4. The SMILES string of the molecule is CC1(C)c2ccccc2-c2cc(-c3ccc(-n4c5ccccc5c5cc6c(cc54)c4ccccc4n6-c4cccc(-c5ccccc5)c4)cc3)ccc21. The van der Waals surface area contributed by atoms with Crippen LogP contribution in [0.4, 0.5) is 0 Å². The van der Waals surface area contributed by atoms with Gasteiger partial charge in [0.1, 0.15) is 0 Å². The molecular formula is C51H36N2. The Hall–Kier alpha value is -6.64. The van der Waals surface area contributed by atoms with Gasteiger partial charge in [0, 0.05) is 38.3 Å². The zero-order valence-corrected chi connectivity index (χ0v) is 29.7. The zero-order chi connectivity index (χ0) is 35.3. The molecule has 53 heavy (non-hydrogen) atoms. The summed E-state index contributed by atoms with van der Waals surface area (Å²) in [6, 6.07) is 67.1. The first kappa shape index (κ1) is 30.0. The smallest absolute Gasteiger partial charge is 0.0548 e. The summed E-state index contributed by atoms with van der Waals surface area (Å²) in [6.45, 7) is 4.68. The van der Waals surface area contributed by atoms with E-state index >= 15 is 0 Å². The lowest BCUT2D eigenvalue weighted by Crippen LogP contribution is -2.14. The van der Waals surface area contributed by atoms with Crippen molar-refractivity contribution in [3.8, 4) is 44.8 Å². The van der Waals surface area contributed by atoms with Crippen LogP contribution in [0.1, 0.15) is 25.0 Å². The van der Waals surface area contributed by atoms with E-state index in [0.29, 0.717) is 0 Å². The molecule has 0 unspecified atom stereocenters. The van der Waals surface area contributed by atoms with Gasteiger partial charge in [-0.2, -0.15) is 0 Å². The molecule has 0 atom stereocenters. The lowest BCUT2D eigenvalue weighted by atomic mass is 9.82. The molecule has 2 heteroatoms. The Balaban J connectivity index is 1.08. The van der Waals surface area contributed by atoms with Crippen LogP contribution in [0.5, 0.6) is 0 Å². The minimum absolute atomic E-state index is 0.00870. The molecule has 10 aromatic rings. The van der Waals surface area contributed by atoms with Gasteiger partial charge in [0.05, 0.1) is 22.1 Å². The van der Waals surface area contributed by atoms with Crippen LogP contribution in [-0.4, -0.2) is 9.13 Å². The first-order chi connectivity index (χ1) is 26.0. The third kappa shape index (κ3) is 4.39. The van der Waals surface area contributed by atoms with Crippen molar-refractivity contribution in [2.75, 3.05) is 0 Å². The van der Waals surface area contributed by atoms with E-state index in [1.165, 1.54) is 88.1 Å². The van der Waals surface area contributed by atoms with Crippen LogP contribution in [0.2, 0.25) is 0 Å². The summed E-state index contributed by atoms with van der Waals surface area (Å²) in [5.74, 6) is 0. The van der Waals surface area contributed by atoms with Gasteiger partial charge in [-0.1, -0.05) is 141 Å². The number of para-hydroxylation sites is 2. The molecule has 1 aliphatic carbocycles. The molecule has 0 aliphatic heterocycles. The third-order valence-electron chi connectivity index (χ3n) is 11.7. The second-order valence-electron chi connectivity index (χ2n) is 15.0. The molecule has 0 amide bonds. The summed E-state index contributed by atoms with van der Waals surface area (Å²) < 4.78 is 4.88. The van der Waals surface area contributed by atoms with E-state index in [0.717, 1.165) is 11.4 Å². The molecule has 2 nitrogen and oxygen atoms in total. The molecule has 0 spiro atoms. The normalized spacial score (nSPS) is 13.2. The van der Waals surface area contributed by atoms with Crippen LogP contribution in [0, 0.1) is 0 Å². The number of nitrogens with zero attached hydrogens (tertiary/aromatic N) is 2. The van der Waals surface area contributed by atoms with Crippen molar-refractivity contribution in [3.05, 3.63) is 193 Å². The Morgan fingerprint density at radius 2 is 0.849 bits per heavy atom. The minimum Gasteiger partial charge on any atom is -0.309 e. The summed E-state index contributed by atoms with van der Waals surface area (Å²) in [4.78, 5) is 0. The number of aromatic nitrogens is 2. The summed E-state index contributed by atoms with van der Waals surface area (Å²) in [5, 5.41) is 5.01. The predicted molar refractivity (Wildman–Crippen MR) is 224 cm³/mol. The number of benzene rings is 8. The van der Waals surface area contributed by atoms with Crippen molar-refractivity contribution >= 4 is 43.6 Å². The van der Waals surface area contributed by atoms with E-state index in [1.54, 1.807) is 0 Å². The average molecular weight is 677 g/mol. The third-order valence-corrected chi connectivity index (χ3v) is 11.7. The van der Waals surface area contributed by atoms with Gasteiger partial charge in [0.2, 0.25) is 0 Å². The maximum Gasteiger partial charge on any atom is 0.0548 e. The highest BCUT2D eigenvalue weighted by atomic mass is 15.0. The van der Waals surface area contributed by atoms with Crippen molar-refractivity contribution in [2.24, 2.45) is 0 Å². The highest BCUT2D eigenvalue weighted by Crippen LogP contribution is 2.49. The van der Waals surface area contributed by atoms with E-state index in [2.05, 4.69) is 205 Å². The van der Waals surface area contributed by atoms with Crippen molar-refractivity contribution in [1.29, 1.82) is 0 Å². The number of hydrogen-bond donors (Lipinski definition) is 0. The van der Waals surface area contributed by atoms with E-state index < -0.39 is 0 Å². The molecule has 2 heterocycles. The van der Waals surface area contributed by atoms with Gasteiger partial charge in [0.15, 0.2) is 0 Å². The average Bonchev–Trinajstić information content (AvgIpc) is 3.80. The first-order valence-corrected chi connectivity index (χ1v) is 18.5. The Kier molecular flexibility index (Phi) is 6.33. The van der Waals surface area contributed by atoms with Gasteiger partial charge in [-0.05, 0) is 99.1 Å². The van der Waals surface area contributed by atoms with Crippen LogP contribution < -0.4 is 0 Å². The quantitative estimate of drug-likeness (QED) is 0.176. The lowest BCUT2D eigenvalue weighted by Gasteiger charge is -2.21. The highest BCUT2D eigenvalue weighted by Gasteiger charge is 2.35. The topological polar surface area (TPSA) is 9.86 Å². The molecule has 0 N–H and O–H groups in total. The predicted octanol–water partition coefficient (Wildman–Crippen LogP) is 13.5. The maximum absolute atomic E-state index is 2.44. The van der Waals surface area contributed by atoms with E-state index in [-0.39, 0.29) is 5.41 Å². The standard InChI is InChI=1S/C51H36N2/c1-51(2)45-20-9-6-17-39(45)42-30-36(25-28-46(42)51)34-23-26-37(27-24-34)52-47-21-10-7-18-40(47)43-32-50-44(31-49(43)52)41-19-8-11-22-48(41)53(50)38-16-12-15-35(29-38)33-13-4-3-5-14-33/h3-32H,1-2H3. The molecule has 250 valence electrons. The Morgan fingerprint density at radius 3 is 1.57 bits per heavy atom. The van der Waals surface area contributed by atoms with Crippen molar-refractivity contribution in [3.63, 3.8) is 0 Å². The molecule has 0 bridgehead atoms. The Bertz CT molecular complexity index is 3060. The molecule has 1 aliphatic rings. The van der Waals surface area contributed by atoms with Crippen LogP contribution >= 0.6 is 0 Å². The van der Waals surface area contributed by atoms with Gasteiger partial charge in [-0.3, -0.25) is 0 Å². The highest BCUT2D eigenvalue weighted by molar-refractivity contribution is 6.19. The second kappa shape index (κ2) is 11.2. The van der Waals surface area contributed by atoms with Gasteiger partial charge in [-0.15, -0.1) is 0 Å². The summed E-state index contributed by atoms with van der Waals surface area (Å²) in [5.41, 5.74) is 17.6. The Labute approximate surface area is 308 Å². The Morgan fingerprint density at radius 1 is 0.321 bits per heavy atom. The summed E-state index contributed by atoms with van der Waals surface area (Å²) in [6.07, 6.45) is 0. The van der Waals surface area contributed by atoms with Gasteiger partial charge < -0.3 is 9.13 Å². The molecule has 0 fully saturated rings. The fourth-order valence-corrected chi connectivity index (χ4v) is 9.14. The molecule has 11 rings (SSSR count).